The van der Waals surface area contributed by atoms with Crippen molar-refractivity contribution in [1.29, 1.82) is 0 Å². The van der Waals surface area contributed by atoms with Gasteiger partial charge in [-0.3, -0.25) is 4.90 Å². The van der Waals surface area contributed by atoms with Crippen molar-refractivity contribution in [2.45, 2.75) is 52.2 Å². The van der Waals surface area contributed by atoms with E-state index in [-0.39, 0.29) is 29.5 Å². The predicted molar refractivity (Wildman–Crippen MR) is 119 cm³/mol. The van der Waals surface area contributed by atoms with Crippen molar-refractivity contribution in [1.82, 2.24) is 10.2 Å². The fourth-order valence-corrected chi connectivity index (χ4v) is 5.70. The number of piperidine rings is 3. The highest BCUT2D eigenvalue weighted by molar-refractivity contribution is 5.70. The molecule has 2 aromatic carbocycles. The molecule has 3 fully saturated rings. The van der Waals surface area contributed by atoms with Gasteiger partial charge in [-0.05, 0) is 72.9 Å². The zero-order valence-corrected chi connectivity index (χ0v) is 18.6. The Morgan fingerprint density at radius 2 is 1.97 bits per heavy atom. The zero-order valence-electron chi connectivity index (χ0n) is 18.6. The number of benzene rings is 2. The van der Waals surface area contributed by atoms with Gasteiger partial charge in [0.1, 0.15) is 11.9 Å². The summed E-state index contributed by atoms with van der Waals surface area (Å²) in [6.07, 6.45) is 2.74. The first-order valence-electron chi connectivity index (χ1n) is 11.4. The Bertz CT molecular complexity index is 1010. The van der Waals surface area contributed by atoms with E-state index in [0.29, 0.717) is 17.0 Å². The third kappa shape index (κ3) is 3.73. The van der Waals surface area contributed by atoms with Crippen molar-refractivity contribution >= 4 is 6.09 Å². The Hall–Kier alpha value is -2.40. The number of aryl methyl sites for hydroxylation is 1. The number of nitrogens with zero attached hydrogens (tertiary/aromatic N) is 1. The number of halogens is 1. The van der Waals surface area contributed by atoms with Crippen LogP contribution in [0.25, 0.3) is 11.1 Å². The van der Waals surface area contributed by atoms with Crippen LogP contribution in [0.1, 0.15) is 49.4 Å². The molecule has 4 aliphatic rings. The lowest BCUT2D eigenvalue weighted by Crippen LogP contribution is -2.53. The summed E-state index contributed by atoms with van der Waals surface area (Å²) in [6, 6.07) is 11.5. The van der Waals surface area contributed by atoms with Crippen LogP contribution < -0.4 is 5.32 Å². The van der Waals surface area contributed by atoms with Gasteiger partial charge in [-0.15, -0.1) is 0 Å². The Morgan fingerprint density at radius 3 is 2.68 bits per heavy atom. The van der Waals surface area contributed by atoms with E-state index in [2.05, 4.69) is 30.1 Å². The number of carbonyl (C=O) groups excluding carboxylic acids is 1. The van der Waals surface area contributed by atoms with Gasteiger partial charge in [-0.1, -0.05) is 50.2 Å². The SMILES string of the molecule is Cc1cccc(-c2ccc3c(c2)CC(C)(C)C3NC(=O)O[C@@H]2CN3CCC2CC3)c1F. The third-order valence-electron chi connectivity index (χ3n) is 7.50. The molecule has 4 nitrogen and oxygen atoms in total. The van der Waals surface area contributed by atoms with Crippen LogP contribution in [0.5, 0.6) is 0 Å². The summed E-state index contributed by atoms with van der Waals surface area (Å²) < 4.78 is 20.5. The topological polar surface area (TPSA) is 41.6 Å². The van der Waals surface area contributed by atoms with E-state index in [4.69, 9.17) is 4.74 Å². The van der Waals surface area contributed by atoms with Gasteiger partial charge < -0.3 is 10.1 Å². The molecule has 5 heteroatoms. The van der Waals surface area contributed by atoms with Crippen molar-refractivity contribution in [2.75, 3.05) is 19.6 Å². The molecule has 3 saturated heterocycles. The van der Waals surface area contributed by atoms with Gasteiger partial charge in [0.25, 0.3) is 0 Å². The molecule has 0 spiro atoms. The van der Waals surface area contributed by atoms with Gasteiger partial charge in [-0.2, -0.15) is 0 Å². The lowest BCUT2D eigenvalue weighted by molar-refractivity contribution is -0.0348. The Balaban J connectivity index is 1.35. The molecule has 1 N–H and O–H groups in total. The first-order valence-corrected chi connectivity index (χ1v) is 11.4. The lowest BCUT2D eigenvalue weighted by atomic mass is 9.85. The first kappa shape index (κ1) is 20.5. The monoisotopic (exact) mass is 422 g/mol. The maximum Gasteiger partial charge on any atom is 0.407 e. The molecule has 1 amide bonds. The molecule has 6 rings (SSSR count). The molecular weight excluding hydrogens is 391 g/mol. The van der Waals surface area contributed by atoms with Crippen molar-refractivity contribution in [2.24, 2.45) is 11.3 Å². The highest BCUT2D eigenvalue weighted by Crippen LogP contribution is 2.46. The van der Waals surface area contributed by atoms with Gasteiger partial charge in [0.05, 0.1) is 6.04 Å². The molecule has 3 heterocycles. The van der Waals surface area contributed by atoms with Crippen molar-refractivity contribution in [3.8, 4) is 11.1 Å². The van der Waals surface area contributed by atoms with Gasteiger partial charge in [0.2, 0.25) is 0 Å². The van der Waals surface area contributed by atoms with Crippen LogP contribution in [-0.2, 0) is 11.2 Å². The molecule has 0 saturated carbocycles. The first-order chi connectivity index (χ1) is 14.8. The zero-order chi connectivity index (χ0) is 21.8. The van der Waals surface area contributed by atoms with Crippen LogP contribution >= 0.6 is 0 Å². The largest absolute Gasteiger partial charge is 0.445 e. The average molecular weight is 423 g/mol. The van der Waals surface area contributed by atoms with E-state index in [1.807, 2.05) is 24.3 Å². The Labute approximate surface area is 183 Å². The molecule has 164 valence electrons. The number of alkyl carbamates (subject to hydrolysis) is 1. The number of nitrogens with one attached hydrogen (secondary N) is 1. The van der Waals surface area contributed by atoms with Crippen LogP contribution in [0.15, 0.2) is 36.4 Å². The smallest absolute Gasteiger partial charge is 0.407 e. The van der Waals surface area contributed by atoms with Crippen molar-refractivity contribution in [3.63, 3.8) is 0 Å². The molecular formula is C26H31FN2O2. The second kappa shape index (κ2) is 7.63. The number of rotatable bonds is 3. The number of ether oxygens (including phenoxy) is 1. The number of hydrogen-bond donors (Lipinski definition) is 1. The minimum atomic E-state index is -0.321. The number of hydrogen-bond acceptors (Lipinski definition) is 3. The fourth-order valence-electron chi connectivity index (χ4n) is 5.70. The van der Waals surface area contributed by atoms with Crippen LogP contribution in [0.2, 0.25) is 0 Å². The lowest BCUT2D eigenvalue weighted by Gasteiger charge is -2.44. The Kier molecular flexibility index (Phi) is 5.04. The van der Waals surface area contributed by atoms with Crippen LogP contribution in [0.4, 0.5) is 9.18 Å². The highest BCUT2D eigenvalue weighted by Gasteiger charge is 2.42. The standard InChI is InChI=1S/C26H31FN2O2/c1-16-5-4-6-20(23(16)27)18-7-8-21-19(13-18)14-26(2,3)24(21)28-25(30)31-22-15-29-11-9-17(22)10-12-29/h4-8,13,17,22,24H,9-12,14-15H2,1-3H3,(H,28,30)/t22-,24?/m1/s1. The second-order valence-electron chi connectivity index (χ2n) is 10.2. The van der Waals surface area contributed by atoms with Gasteiger partial charge in [0.15, 0.2) is 0 Å². The molecule has 0 radical (unpaired) electrons. The minimum Gasteiger partial charge on any atom is -0.445 e. The molecule has 2 aromatic rings. The van der Waals surface area contributed by atoms with Crippen molar-refractivity contribution < 1.29 is 13.9 Å². The molecule has 2 bridgehead atoms. The number of fused-ring (bicyclic) bond motifs is 4. The molecule has 3 aliphatic heterocycles. The molecule has 31 heavy (non-hydrogen) atoms. The van der Waals surface area contributed by atoms with E-state index in [1.54, 1.807) is 13.0 Å². The maximum atomic E-state index is 14.6. The average Bonchev–Trinajstić information content (AvgIpc) is 2.99. The van der Waals surface area contributed by atoms with Crippen molar-refractivity contribution in [3.05, 3.63) is 58.9 Å². The predicted octanol–water partition coefficient (Wildman–Crippen LogP) is 5.24. The number of amides is 1. The van der Waals surface area contributed by atoms with E-state index in [0.717, 1.165) is 55.6 Å². The second-order valence-corrected chi connectivity index (χ2v) is 10.2. The summed E-state index contributed by atoms with van der Waals surface area (Å²) in [6.45, 7) is 9.22. The quantitative estimate of drug-likeness (QED) is 0.735. The minimum absolute atomic E-state index is 0.00171. The summed E-state index contributed by atoms with van der Waals surface area (Å²) in [7, 11) is 0. The fraction of sp³-hybridized carbons (Fsp3) is 0.500. The molecule has 2 atom stereocenters. The van der Waals surface area contributed by atoms with Crippen LogP contribution in [-0.4, -0.2) is 36.7 Å². The summed E-state index contributed by atoms with van der Waals surface area (Å²) >= 11 is 0. The van der Waals surface area contributed by atoms with E-state index < -0.39 is 0 Å². The van der Waals surface area contributed by atoms with Gasteiger partial charge in [0, 0.05) is 12.1 Å². The summed E-state index contributed by atoms with van der Waals surface area (Å²) in [5.74, 6) is 0.321. The van der Waals surface area contributed by atoms with E-state index in [9.17, 15) is 9.18 Å². The summed E-state index contributed by atoms with van der Waals surface area (Å²) in [4.78, 5) is 15.2. The summed E-state index contributed by atoms with van der Waals surface area (Å²) in [5.41, 5.74) is 4.28. The molecule has 1 aliphatic carbocycles. The van der Waals surface area contributed by atoms with E-state index in [1.165, 1.54) is 0 Å². The highest BCUT2D eigenvalue weighted by atomic mass is 19.1. The third-order valence-corrected chi connectivity index (χ3v) is 7.50. The summed E-state index contributed by atoms with van der Waals surface area (Å²) in [5, 5.41) is 3.16. The molecule has 1 unspecified atom stereocenters. The molecule has 0 aromatic heterocycles. The maximum absolute atomic E-state index is 14.6. The normalized spacial score (nSPS) is 28.3. The van der Waals surface area contributed by atoms with Crippen LogP contribution in [0, 0.1) is 24.1 Å². The van der Waals surface area contributed by atoms with Gasteiger partial charge in [-0.25, -0.2) is 9.18 Å². The van der Waals surface area contributed by atoms with Crippen LogP contribution in [0.3, 0.4) is 0 Å². The van der Waals surface area contributed by atoms with E-state index >= 15 is 0 Å². The van der Waals surface area contributed by atoms with Gasteiger partial charge >= 0.3 is 6.09 Å². The number of carbonyl (C=O) groups is 1. The Morgan fingerprint density at radius 1 is 1.19 bits per heavy atom.